The summed E-state index contributed by atoms with van der Waals surface area (Å²) in [4.78, 5) is 58.2. The molecule has 0 rings (SSSR count). The number of carbonyl (C=O) groups excluding carboxylic acids is 5. The molecule has 0 aromatic carbocycles. The smallest absolute Gasteiger partial charge is 0.246 e. The maximum atomic E-state index is 11.9. The molecule has 0 aliphatic rings. The van der Waals surface area contributed by atoms with Gasteiger partial charge in [-0.15, -0.1) is 0 Å². The van der Waals surface area contributed by atoms with Gasteiger partial charge in [-0.2, -0.15) is 0 Å². The summed E-state index contributed by atoms with van der Waals surface area (Å²) in [5.41, 5.74) is 5.34. The van der Waals surface area contributed by atoms with Crippen molar-refractivity contribution in [2.75, 3.05) is 39.3 Å². The van der Waals surface area contributed by atoms with Crippen molar-refractivity contribution in [3.8, 4) is 0 Å². The van der Waals surface area contributed by atoms with E-state index in [2.05, 4.69) is 10.6 Å². The van der Waals surface area contributed by atoms with Crippen molar-refractivity contribution < 1.29 is 39.6 Å². The van der Waals surface area contributed by atoms with E-state index in [0.29, 0.717) is 47.5 Å². The van der Waals surface area contributed by atoms with Gasteiger partial charge in [0, 0.05) is 45.7 Å². The molecular formula is C25H42N6O8. The monoisotopic (exact) mass is 554 g/mol. The zero-order valence-corrected chi connectivity index (χ0v) is 22.5. The summed E-state index contributed by atoms with van der Waals surface area (Å²) in [6.07, 6.45) is 10.9. The van der Waals surface area contributed by atoms with Crippen LogP contribution in [0.1, 0.15) is 51.9 Å². The molecule has 14 heteroatoms. The first kappa shape index (κ1) is 35.4. The highest BCUT2D eigenvalue weighted by Gasteiger charge is 2.13. The van der Waals surface area contributed by atoms with E-state index in [1.54, 1.807) is 36.5 Å². The van der Waals surface area contributed by atoms with E-state index < -0.39 is 17.7 Å². The van der Waals surface area contributed by atoms with Gasteiger partial charge in [-0.25, -0.2) is 15.2 Å². The van der Waals surface area contributed by atoms with E-state index in [4.69, 9.17) is 5.73 Å². The van der Waals surface area contributed by atoms with E-state index in [9.17, 15) is 39.6 Å². The van der Waals surface area contributed by atoms with E-state index >= 15 is 0 Å². The Morgan fingerprint density at radius 3 is 1.82 bits per heavy atom. The largest absolute Gasteiger partial charge is 0.356 e. The van der Waals surface area contributed by atoms with Gasteiger partial charge in [0.15, 0.2) is 0 Å². The molecule has 0 unspecified atom stereocenters. The lowest BCUT2D eigenvalue weighted by atomic mass is 10.2. The Labute approximate surface area is 228 Å². The summed E-state index contributed by atoms with van der Waals surface area (Å²) in [6, 6.07) is 0. The second-order valence-corrected chi connectivity index (χ2v) is 8.32. The fraction of sp³-hybridized carbons (Fsp3) is 0.560. The highest BCUT2D eigenvalue weighted by Crippen LogP contribution is 1.99. The average molecular weight is 555 g/mol. The highest BCUT2D eigenvalue weighted by atomic mass is 16.5. The Morgan fingerprint density at radius 2 is 1.21 bits per heavy atom. The molecule has 0 heterocycles. The van der Waals surface area contributed by atoms with Gasteiger partial charge in [0.25, 0.3) is 0 Å². The Morgan fingerprint density at radius 1 is 0.667 bits per heavy atom. The fourth-order valence-electron chi connectivity index (χ4n) is 2.78. The van der Waals surface area contributed by atoms with Crippen molar-refractivity contribution in [1.82, 2.24) is 25.8 Å². The van der Waals surface area contributed by atoms with Crippen LogP contribution >= 0.6 is 0 Å². The van der Waals surface area contributed by atoms with Gasteiger partial charge < -0.3 is 16.4 Å². The van der Waals surface area contributed by atoms with Gasteiger partial charge in [0.2, 0.25) is 29.5 Å². The van der Waals surface area contributed by atoms with Crippen LogP contribution in [0.4, 0.5) is 0 Å². The summed E-state index contributed by atoms with van der Waals surface area (Å²) in [5, 5.41) is 35.5. The third-order valence-corrected chi connectivity index (χ3v) is 5.02. The second kappa shape index (κ2) is 22.4. The third-order valence-electron chi connectivity index (χ3n) is 5.02. The number of hydrogen-bond donors (Lipinski definition) is 6. The summed E-state index contributed by atoms with van der Waals surface area (Å²) in [5.74, 6) is -2.36. The summed E-state index contributed by atoms with van der Waals surface area (Å²) >= 11 is 0. The number of hydrogen-bond acceptors (Lipinski definition) is 9. The van der Waals surface area contributed by atoms with E-state index in [1.165, 1.54) is 6.92 Å². The molecule has 5 amide bonds. The molecule has 7 N–H and O–H groups in total. The van der Waals surface area contributed by atoms with Crippen molar-refractivity contribution in [1.29, 1.82) is 0 Å². The van der Waals surface area contributed by atoms with Gasteiger partial charge >= 0.3 is 0 Å². The molecule has 0 radical (unpaired) electrons. The van der Waals surface area contributed by atoms with Crippen molar-refractivity contribution in [2.24, 2.45) is 5.73 Å². The molecule has 0 bridgehead atoms. The molecule has 0 saturated carbocycles. The Balaban J connectivity index is 3.93. The molecule has 0 aromatic heterocycles. The molecule has 14 nitrogen and oxygen atoms in total. The Hall–Kier alpha value is -3.59. The molecule has 0 aromatic rings. The van der Waals surface area contributed by atoms with Crippen molar-refractivity contribution in [3.05, 3.63) is 36.5 Å². The van der Waals surface area contributed by atoms with E-state index in [1.807, 2.05) is 0 Å². The first-order chi connectivity index (χ1) is 18.6. The molecule has 0 aliphatic heterocycles. The number of amides is 5. The topological polar surface area (TPSA) is 206 Å². The lowest BCUT2D eigenvalue weighted by Crippen LogP contribution is -2.31. The minimum absolute atomic E-state index is 0.0123. The number of rotatable bonds is 20. The molecule has 39 heavy (non-hydrogen) atoms. The molecule has 0 fully saturated rings. The Kier molecular flexibility index (Phi) is 20.3. The quantitative estimate of drug-likeness (QED) is 0.0527. The lowest BCUT2D eigenvalue weighted by molar-refractivity contribution is -0.165. The van der Waals surface area contributed by atoms with E-state index in [-0.39, 0.29) is 63.7 Å². The Bertz CT molecular complexity index is 862. The van der Waals surface area contributed by atoms with E-state index in [0.717, 1.165) is 0 Å². The SMILES string of the molecule is CC(=O)N(O)C/C=C/CCNC(=O)CCC(=O)N(O)CC/C=C/CNC(=O)CCC(=O)N(O)C/C=C/CCN. The number of hydroxylamine groups is 6. The van der Waals surface area contributed by atoms with Gasteiger partial charge in [-0.05, 0) is 25.8 Å². The van der Waals surface area contributed by atoms with Crippen LogP contribution in [0.5, 0.6) is 0 Å². The van der Waals surface area contributed by atoms with Crippen LogP contribution in [-0.2, 0) is 24.0 Å². The normalized spacial score (nSPS) is 11.2. The fourth-order valence-corrected chi connectivity index (χ4v) is 2.78. The molecule has 0 aliphatic carbocycles. The number of nitrogens with zero attached hydrogens (tertiary/aromatic N) is 3. The standard InChI is InChI=1S/C25H42N6O8/c1-21(32)29(37)18-9-3-6-16-27-22(33)12-14-25(36)31(39)20-10-4-7-17-28-23(34)11-13-24(35)30(38)19-8-2-5-15-26/h2-4,7-9,37-39H,5-6,10-20,26H2,1H3,(H,27,33)(H,28,34)/b7-4+,8-2+,9-3+. The second-order valence-electron chi connectivity index (χ2n) is 8.32. The summed E-state index contributed by atoms with van der Waals surface area (Å²) in [6.45, 7) is 2.31. The summed E-state index contributed by atoms with van der Waals surface area (Å²) < 4.78 is 0. The minimum atomic E-state index is -0.600. The predicted octanol–water partition coefficient (Wildman–Crippen LogP) is 0.250. The maximum absolute atomic E-state index is 11.9. The molecule has 220 valence electrons. The average Bonchev–Trinajstić information content (AvgIpc) is 2.91. The molecular weight excluding hydrogens is 512 g/mol. The van der Waals surface area contributed by atoms with Gasteiger partial charge in [0.1, 0.15) is 0 Å². The lowest BCUT2D eigenvalue weighted by Gasteiger charge is -2.13. The van der Waals surface area contributed by atoms with Crippen LogP contribution in [0, 0.1) is 0 Å². The predicted molar refractivity (Wildman–Crippen MR) is 141 cm³/mol. The number of nitrogens with two attached hydrogens (primary N) is 1. The number of carbonyl (C=O) groups is 5. The first-order valence-corrected chi connectivity index (χ1v) is 12.7. The maximum Gasteiger partial charge on any atom is 0.246 e. The van der Waals surface area contributed by atoms with Crippen molar-refractivity contribution in [3.63, 3.8) is 0 Å². The first-order valence-electron chi connectivity index (χ1n) is 12.7. The molecule has 0 atom stereocenters. The van der Waals surface area contributed by atoms with Crippen LogP contribution < -0.4 is 16.4 Å². The number of nitrogens with one attached hydrogen (secondary N) is 2. The van der Waals surface area contributed by atoms with Crippen LogP contribution in [0.25, 0.3) is 0 Å². The third kappa shape index (κ3) is 20.1. The van der Waals surface area contributed by atoms with Gasteiger partial charge in [-0.3, -0.25) is 39.6 Å². The van der Waals surface area contributed by atoms with Crippen molar-refractivity contribution >= 4 is 29.5 Å². The molecule has 0 saturated heterocycles. The minimum Gasteiger partial charge on any atom is -0.356 e. The van der Waals surface area contributed by atoms with Crippen LogP contribution in [0.15, 0.2) is 36.5 Å². The van der Waals surface area contributed by atoms with Gasteiger partial charge in [-0.1, -0.05) is 36.5 Å². The van der Waals surface area contributed by atoms with Crippen LogP contribution in [-0.4, -0.2) is 99.6 Å². The molecule has 0 spiro atoms. The van der Waals surface area contributed by atoms with Crippen LogP contribution in [0.2, 0.25) is 0 Å². The van der Waals surface area contributed by atoms with Crippen molar-refractivity contribution in [2.45, 2.75) is 51.9 Å². The zero-order valence-electron chi connectivity index (χ0n) is 22.5. The summed E-state index contributed by atoms with van der Waals surface area (Å²) in [7, 11) is 0. The van der Waals surface area contributed by atoms with Crippen LogP contribution in [0.3, 0.4) is 0 Å². The highest BCUT2D eigenvalue weighted by molar-refractivity contribution is 5.83. The zero-order chi connectivity index (χ0) is 29.5. The van der Waals surface area contributed by atoms with Gasteiger partial charge in [0.05, 0.1) is 19.6 Å².